The molecule has 0 heterocycles. The van der Waals surface area contributed by atoms with E-state index in [1.165, 1.54) is 21.1 Å². The molecule has 0 spiro atoms. The van der Waals surface area contributed by atoms with Gasteiger partial charge in [-0.15, -0.1) is 0 Å². The third-order valence-electron chi connectivity index (χ3n) is 2.65. The van der Waals surface area contributed by atoms with Gasteiger partial charge in [-0.25, -0.2) is 4.79 Å². The van der Waals surface area contributed by atoms with Gasteiger partial charge in [0.25, 0.3) is 0 Å². The van der Waals surface area contributed by atoms with Gasteiger partial charge < -0.3 is 9.26 Å². The fourth-order valence-corrected chi connectivity index (χ4v) is 3.02. The lowest BCUT2D eigenvalue weighted by atomic mass is 10.2. The number of ether oxygens (including phenoxy) is 1. The molecule has 0 aliphatic carbocycles. The number of carbonyl (C=O) groups excluding carboxylic acids is 1. The summed E-state index contributed by atoms with van der Waals surface area (Å²) in [6.45, 7) is 1.49. The zero-order valence-electron chi connectivity index (χ0n) is 11.4. The van der Waals surface area contributed by atoms with E-state index in [-0.39, 0.29) is 6.16 Å². The zero-order chi connectivity index (χ0) is 14.3. The summed E-state index contributed by atoms with van der Waals surface area (Å²) in [5.74, 6) is -0.572. The standard InChI is InChI=1S/C13H19O5P/c1-11(13(14)16-2)18-19(15,17-3)10-9-12-7-5-4-6-8-12/h4-8,11H,9-10H2,1-3H3/t11-,19?/m0/s1. The molecule has 106 valence electrons. The Hall–Kier alpha value is -1.16. The Morgan fingerprint density at radius 1 is 1.26 bits per heavy atom. The highest BCUT2D eigenvalue weighted by atomic mass is 31.2. The van der Waals surface area contributed by atoms with Gasteiger partial charge >= 0.3 is 13.6 Å². The SMILES string of the molecule is COC(=O)[C@H](C)OP(=O)(CCc1ccccc1)OC. The minimum Gasteiger partial charge on any atom is -0.467 e. The summed E-state index contributed by atoms with van der Waals surface area (Å²) >= 11 is 0. The molecular formula is C13H19O5P. The van der Waals surface area contributed by atoms with Crippen LogP contribution in [0.1, 0.15) is 12.5 Å². The van der Waals surface area contributed by atoms with Crippen molar-refractivity contribution in [3.63, 3.8) is 0 Å². The van der Waals surface area contributed by atoms with Crippen LogP contribution in [-0.2, 0) is 29.6 Å². The highest BCUT2D eigenvalue weighted by Crippen LogP contribution is 2.48. The summed E-state index contributed by atoms with van der Waals surface area (Å²) < 4.78 is 27.0. The van der Waals surface area contributed by atoms with Crippen molar-refractivity contribution >= 4 is 13.6 Å². The Kier molecular flexibility index (Phi) is 6.22. The van der Waals surface area contributed by atoms with E-state index in [1.54, 1.807) is 0 Å². The van der Waals surface area contributed by atoms with Crippen LogP contribution < -0.4 is 0 Å². The van der Waals surface area contributed by atoms with Gasteiger partial charge in [-0.1, -0.05) is 30.3 Å². The molecule has 19 heavy (non-hydrogen) atoms. The molecule has 1 rings (SSSR count). The number of hydrogen-bond acceptors (Lipinski definition) is 5. The lowest BCUT2D eigenvalue weighted by molar-refractivity contribution is -0.148. The molecule has 1 aromatic carbocycles. The Bertz CT molecular complexity index is 446. The first-order chi connectivity index (χ1) is 9.00. The molecule has 6 heteroatoms. The van der Waals surface area contributed by atoms with E-state index in [2.05, 4.69) is 4.74 Å². The molecular weight excluding hydrogens is 267 g/mol. The van der Waals surface area contributed by atoms with Crippen molar-refractivity contribution in [2.75, 3.05) is 20.4 Å². The van der Waals surface area contributed by atoms with Crippen LogP contribution in [0.25, 0.3) is 0 Å². The number of methoxy groups -OCH3 is 1. The number of carbonyl (C=O) groups is 1. The van der Waals surface area contributed by atoms with Crippen molar-refractivity contribution < 1.29 is 23.1 Å². The molecule has 0 saturated carbocycles. The average molecular weight is 286 g/mol. The molecule has 0 radical (unpaired) electrons. The minimum absolute atomic E-state index is 0.217. The molecule has 0 bridgehead atoms. The van der Waals surface area contributed by atoms with Crippen molar-refractivity contribution in [3.8, 4) is 0 Å². The summed E-state index contributed by atoms with van der Waals surface area (Å²) in [5.41, 5.74) is 1.04. The van der Waals surface area contributed by atoms with Crippen molar-refractivity contribution in [2.24, 2.45) is 0 Å². The van der Waals surface area contributed by atoms with Crippen LogP contribution in [0.2, 0.25) is 0 Å². The Morgan fingerprint density at radius 3 is 2.42 bits per heavy atom. The number of rotatable bonds is 7. The zero-order valence-corrected chi connectivity index (χ0v) is 12.3. The minimum atomic E-state index is -3.29. The molecule has 0 amide bonds. The van der Waals surface area contributed by atoms with Crippen LogP contribution in [0.4, 0.5) is 0 Å². The summed E-state index contributed by atoms with van der Waals surface area (Å²) in [5, 5.41) is 0. The van der Waals surface area contributed by atoms with Crippen molar-refractivity contribution in [2.45, 2.75) is 19.4 Å². The van der Waals surface area contributed by atoms with E-state index in [0.29, 0.717) is 6.42 Å². The van der Waals surface area contributed by atoms with Gasteiger partial charge in [-0.2, -0.15) is 0 Å². The van der Waals surface area contributed by atoms with Gasteiger partial charge in [0, 0.05) is 7.11 Å². The Labute approximate surface area is 113 Å². The second kappa shape index (κ2) is 7.43. The highest BCUT2D eigenvalue weighted by molar-refractivity contribution is 7.53. The van der Waals surface area contributed by atoms with Crippen LogP contribution in [0.5, 0.6) is 0 Å². The van der Waals surface area contributed by atoms with Crippen molar-refractivity contribution in [3.05, 3.63) is 35.9 Å². The summed E-state index contributed by atoms with van der Waals surface area (Å²) in [6, 6.07) is 9.60. The second-order valence-electron chi connectivity index (χ2n) is 4.02. The van der Waals surface area contributed by atoms with Crippen molar-refractivity contribution in [1.29, 1.82) is 0 Å². The maximum Gasteiger partial charge on any atom is 0.335 e. The molecule has 1 unspecified atom stereocenters. The maximum atomic E-state index is 12.3. The van der Waals surface area contributed by atoms with Crippen LogP contribution in [0, 0.1) is 0 Å². The van der Waals surface area contributed by atoms with E-state index in [4.69, 9.17) is 9.05 Å². The van der Waals surface area contributed by atoms with E-state index >= 15 is 0 Å². The van der Waals surface area contributed by atoms with Crippen LogP contribution in [-0.4, -0.2) is 32.5 Å². The Morgan fingerprint density at radius 2 is 1.89 bits per heavy atom. The molecule has 5 nitrogen and oxygen atoms in total. The number of hydrogen-bond donors (Lipinski definition) is 0. The fraction of sp³-hybridized carbons (Fsp3) is 0.462. The van der Waals surface area contributed by atoms with Gasteiger partial charge in [-0.3, -0.25) is 9.09 Å². The largest absolute Gasteiger partial charge is 0.467 e. The summed E-state index contributed by atoms with van der Waals surface area (Å²) in [6.07, 6.45) is -0.138. The first-order valence-corrected chi connectivity index (χ1v) is 7.68. The van der Waals surface area contributed by atoms with E-state index < -0.39 is 19.7 Å². The second-order valence-corrected chi connectivity index (χ2v) is 6.27. The smallest absolute Gasteiger partial charge is 0.335 e. The van der Waals surface area contributed by atoms with Gasteiger partial charge in [0.05, 0.1) is 13.3 Å². The average Bonchev–Trinajstić information content (AvgIpc) is 2.45. The molecule has 1 aromatic rings. The molecule has 0 fully saturated rings. The molecule has 0 aliphatic rings. The van der Waals surface area contributed by atoms with Gasteiger partial charge in [0.15, 0.2) is 6.10 Å². The van der Waals surface area contributed by atoms with Crippen LogP contribution in [0.3, 0.4) is 0 Å². The van der Waals surface area contributed by atoms with Gasteiger partial charge in [0.2, 0.25) is 0 Å². The van der Waals surface area contributed by atoms with Gasteiger partial charge in [-0.05, 0) is 18.9 Å². The third kappa shape index (κ3) is 5.15. The molecule has 2 atom stereocenters. The van der Waals surface area contributed by atoms with E-state index in [1.807, 2.05) is 30.3 Å². The maximum absolute atomic E-state index is 12.3. The van der Waals surface area contributed by atoms with Gasteiger partial charge in [0.1, 0.15) is 0 Å². The topological polar surface area (TPSA) is 61.8 Å². The Balaban J connectivity index is 2.60. The van der Waals surface area contributed by atoms with Crippen molar-refractivity contribution in [1.82, 2.24) is 0 Å². The fourth-order valence-electron chi connectivity index (χ4n) is 1.55. The third-order valence-corrected chi connectivity index (χ3v) is 4.61. The van der Waals surface area contributed by atoms with E-state index in [9.17, 15) is 9.36 Å². The predicted molar refractivity (Wildman–Crippen MR) is 72.2 cm³/mol. The van der Waals surface area contributed by atoms with E-state index in [0.717, 1.165) is 5.56 Å². The number of aryl methyl sites for hydroxylation is 1. The van der Waals surface area contributed by atoms with Crippen LogP contribution >= 0.6 is 7.60 Å². The normalized spacial score (nSPS) is 15.5. The summed E-state index contributed by atoms with van der Waals surface area (Å²) in [4.78, 5) is 11.3. The first kappa shape index (κ1) is 15.9. The molecule has 0 aromatic heterocycles. The monoisotopic (exact) mass is 286 g/mol. The molecule has 0 aliphatic heterocycles. The lowest BCUT2D eigenvalue weighted by Gasteiger charge is -2.19. The highest BCUT2D eigenvalue weighted by Gasteiger charge is 2.29. The molecule has 0 saturated heterocycles. The number of esters is 1. The number of benzene rings is 1. The first-order valence-electron chi connectivity index (χ1n) is 5.95. The lowest BCUT2D eigenvalue weighted by Crippen LogP contribution is -2.22. The molecule has 0 N–H and O–H groups in total. The van der Waals surface area contributed by atoms with Crippen LogP contribution in [0.15, 0.2) is 30.3 Å². The summed E-state index contributed by atoms with van der Waals surface area (Å²) in [7, 11) is -0.721. The predicted octanol–water partition coefficient (Wildman–Crippen LogP) is 2.65. The quantitative estimate of drug-likeness (QED) is 0.569.